The molecule has 2 unspecified atom stereocenters. The zero-order chi connectivity index (χ0) is 16.8. The Bertz CT molecular complexity index is 289. The van der Waals surface area contributed by atoms with Crippen LogP contribution in [0.3, 0.4) is 0 Å². The van der Waals surface area contributed by atoms with E-state index in [-0.39, 0.29) is 5.60 Å². The van der Waals surface area contributed by atoms with E-state index >= 15 is 0 Å². The van der Waals surface area contributed by atoms with Gasteiger partial charge in [-0.15, -0.1) is 6.58 Å². The maximum atomic E-state index is 6.07. The van der Waals surface area contributed by atoms with Crippen LogP contribution in [-0.4, -0.2) is 38.1 Å². The number of ether oxygens (including phenoxy) is 3. The second-order valence-corrected chi connectivity index (χ2v) is 6.71. The van der Waals surface area contributed by atoms with E-state index in [0.29, 0.717) is 6.10 Å². The molecule has 3 nitrogen and oxygen atoms in total. The fraction of sp³-hybridized carbons (Fsp3) is 0.900. The first-order valence-electron chi connectivity index (χ1n) is 9.73. The molecule has 23 heavy (non-hydrogen) atoms. The van der Waals surface area contributed by atoms with Gasteiger partial charge in [0.2, 0.25) is 0 Å². The van der Waals surface area contributed by atoms with Crippen LogP contribution in [0, 0.1) is 0 Å². The molecule has 0 aromatic carbocycles. The first kappa shape index (κ1) is 20.7. The third-order valence-electron chi connectivity index (χ3n) is 4.60. The number of unbranched alkanes of at least 4 members (excludes halogenated alkanes) is 6. The van der Waals surface area contributed by atoms with Crippen molar-refractivity contribution in [2.24, 2.45) is 0 Å². The number of hydrogen-bond acceptors (Lipinski definition) is 3. The van der Waals surface area contributed by atoms with E-state index in [1.807, 2.05) is 6.08 Å². The molecule has 0 radical (unpaired) electrons. The van der Waals surface area contributed by atoms with Crippen LogP contribution in [0.5, 0.6) is 0 Å². The van der Waals surface area contributed by atoms with E-state index in [0.717, 1.165) is 45.7 Å². The summed E-state index contributed by atoms with van der Waals surface area (Å²) in [6.45, 7) is 11.5. The Hall–Kier alpha value is -0.380. The highest BCUT2D eigenvalue weighted by Gasteiger charge is 2.26. The molecule has 0 aromatic heterocycles. The van der Waals surface area contributed by atoms with E-state index in [2.05, 4.69) is 20.4 Å². The topological polar surface area (TPSA) is 31.0 Å². The first-order valence-corrected chi connectivity index (χ1v) is 9.73. The maximum Gasteiger partial charge on any atom is 0.104 e. The van der Waals surface area contributed by atoms with Crippen molar-refractivity contribution in [3.05, 3.63) is 12.7 Å². The van der Waals surface area contributed by atoms with Crippen molar-refractivity contribution in [1.29, 1.82) is 0 Å². The van der Waals surface area contributed by atoms with Crippen molar-refractivity contribution in [3.8, 4) is 0 Å². The molecule has 1 saturated heterocycles. The Morgan fingerprint density at radius 2 is 1.70 bits per heavy atom. The molecule has 0 bridgehead atoms. The predicted molar refractivity (Wildman–Crippen MR) is 97.0 cm³/mol. The largest absolute Gasteiger partial charge is 0.379 e. The van der Waals surface area contributed by atoms with Crippen LogP contribution in [0.1, 0.15) is 78.1 Å². The van der Waals surface area contributed by atoms with Gasteiger partial charge in [0.1, 0.15) is 6.10 Å². The van der Waals surface area contributed by atoms with E-state index < -0.39 is 0 Å². The van der Waals surface area contributed by atoms with Gasteiger partial charge in [0.05, 0.1) is 18.8 Å². The van der Waals surface area contributed by atoms with Gasteiger partial charge in [-0.2, -0.15) is 0 Å². The summed E-state index contributed by atoms with van der Waals surface area (Å²) in [5.74, 6) is 0. The Kier molecular flexibility index (Phi) is 11.7. The molecule has 0 aliphatic carbocycles. The van der Waals surface area contributed by atoms with Crippen LogP contribution in [0.25, 0.3) is 0 Å². The van der Waals surface area contributed by atoms with E-state index in [1.54, 1.807) is 0 Å². The molecule has 0 aromatic rings. The smallest absolute Gasteiger partial charge is 0.104 e. The quantitative estimate of drug-likeness (QED) is 0.207. The summed E-state index contributed by atoms with van der Waals surface area (Å²) in [7, 11) is 0. The van der Waals surface area contributed by atoms with Crippen molar-refractivity contribution in [3.63, 3.8) is 0 Å². The van der Waals surface area contributed by atoms with Crippen molar-refractivity contribution >= 4 is 0 Å². The molecule has 1 fully saturated rings. The lowest BCUT2D eigenvalue weighted by Crippen LogP contribution is -2.30. The van der Waals surface area contributed by atoms with E-state index in [9.17, 15) is 0 Å². The monoisotopic (exact) mass is 326 g/mol. The standard InChI is InChI=1S/C20H38O3/c1-4-7-8-9-10-11-12-14-20(5-2,23-6-3)15-13-16-21-17-19-18-22-19/h5,19H,2,4,6-18H2,1,3H3. The average molecular weight is 327 g/mol. The summed E-state index contributed by atoms with van der Waals surface area (Å²) in [4.78, 5) is 0. The second kappa shape index (κ2) is 13.0. The second-order valence-electron chi connectivity index (χ2n) is 6.71. The Labute approximate surface area is 143 Å². The summed E-state index contributed by atoms with van der Waals surface area (Å²) < 4.78 is 16.9. The highest BCUT2D eigenvalue weighted by molar-refractivity contribution is 4.97. The van der Waals surface area contributed by atoms with Crippen LogP contribution in [0.15, 0.2) is 12.7 Å². The third kappa shape index (κ3) is 10.2. The summed E-state index contributed by atoms with van der Waals surface area (Å²) in [5, 5.41) is 0. The van der Waals surface area contributed by atoms with Gasteiger partial charge in [-0.3, -0.25) is 0 Å². The lowest BCUT2D eigenvalue weighted by Gasteiger charge is -2.30. The number of epoxide rings is 1. The Balaban J connectivity index is 2.15. The highest BCUT2D eigenvalue weighted by Crippen LogP contribution is 2.27. The molecule has 1 heterocycles. The van der Waals surface area contributed by atoms with Gasteiger partial charge in [0.15, 0.2) is 0 Å². The van der Waals surface area contributed by atoms with E-state index in [4.69, 9.17) is 14.2 Å². The molecule has 2 atom stereocenters. The molecule has 0 saturated carbocycles. The molecule has 1 aliphatic heterocycles. The fourth-order valence-corrected chi connectivity index (χ4v) is 3.05. The van der Waals surface area contributed by atoms with Crippen LogP contribution < -0.4 is 0 Å². The van der Waals surface area contributed by atoms with Gasteiger partial charge in [0, 0.05) is 13.2 Å². The molecular weight excluding hydrogens is 288 g/mol. The highest BCUT2D eigenvalue weighted by atomic mass is 16.6. The Morgan fingerprint density at radius 3 is 2.30 bits per heavy atom. The van der Waals surface area contributed by atoms with Crippen molar-refractivity contribution in [2.75, 3.05) is 26.4 Å². The van der Waals surface area contributed by atoms with Gasteiger partial charge in [0.25, 0.3) is 0 Å². The van der Waals surface area contributed by atoms with Gasteiger partial charge in [-0.05, 0) is 26.2 Å². The normalized spacial score (nSPS) is 19.5. The number of rotatable bonds is 17. The minimum absolute atomic E-state index is 0.155. The van der Waals surface area contributed by atoms with Crippen LogP contribution in [0.4, 0.5) is 0 Å². The van der Waals surface area contributed by atoms with Crippen LogP contribution in [-0.2, 0) is 14.2 Å². The van der Waals surface area contributed by atoms with Crippen molar-refractivity contribution < 1.29 is 14.2 Å². The molecular formula is C20H38O3. The molecule has 0 spiro atoms. The average Bonchev–Trinajstić information content (AvgIpc) is 3.38. The minimum Gasteiger partial charge on any atom is -0.379 e. The first-order chi connectivity index (χ1) is 11.3. The van der Waals surface area contributed by atoms with Gasteiger partial charge >= 0.3 is 0 Å². The molecule has 1 rings (SSSR count). The molecule has 3 heteroatoms. The summed E-state index contributed by atoms with van der Waals surface area (Å²) >= 11 is 0. The van der Waals surface area contributed by atoms with Gasteiger partial charge in [-0.25, -0.2) is 0 Å². The summed E-state index contributed by atoms with van der Waals surface area (Å²) in [6, 6.07) is 0. The summed E-state index contributed by atoms with van der Waals surface area (Å²) in [6.07, 6.45) is 14.8. The predicted octanol–water partition coefficient (Wildman–Crippen LogP) is 5.28. The molecule has 136 valence electrons. The van der Waals surface area contributed by atoms with Gasteiger partial charge in [-0.1, -0.05) is 57.9 Å². The number of hydrogen-bond donors (Lipinski definition) is 0. The fourth-order valence-electron chi connectivity index (χ4n) is 3.05. The molecule has 1 aliphatic rings. The third-order valence-corrected chi connectivity index (χ3v) is 4.60. The zero-order valence-electron chi connectivity index (χ0n) is 15.5. The maximum absolute atomic E-state index is 6.07. The zero-order valence-corrected chi connectivity index (χ0v) is 15.5. The lowest BCUT2D eigenvalue weighted by molar-refractivity contribution is -0.0217. The van der Waals surface area contributed by atoms with Gasteiger partial charge < -0.3 is 14.2 Å². The van der Waals surface area contributed by atoms with Crippen LogP contribution in [0.2, 0.25) is 0 Å². The Morgan fingerprint density at radius 1 is 1.04 bits per heavy atom. The molecule has 0 amide bonds. The SMILES string of the molecule is C=CC(CCCCCCCCC)(CCCOCC1CO1)OCC. The van der Waals surface area contributed by atoms with Crippen molar-refractivity contribution in [1.82, 2.24) is 0 Å². The lowest BCUT2D eigenvalue weighted by atomic mass is 9.90. The van der Waals surface area contributed by atoms with Crippen molar-refractivity contribution in [2.45, 2.75) is 89.8 Å². The van der Waals surface area contributed by atoms with E-state index in [1.165, 1.54) is 44.9 Å². The van der Waals surface area contributed by atoms with Crippen LogP contribution >= 0.6 is 0 Å². The summed E-state index contributed by atoms with van der Waals surface area (Å²) in [5.41, 5.74) is -0.155. The molecule has 0 N–H and O–H groups in total. The minimum atomic E-state index is -0.155.